The van der Waals surface area contributed by atoms with Gasteiger partial charge >= 0.3 is 0 Å². The summed E-state index contributed by atoms with van der Waals surface area (Å²) in [7, 11) is 0. The van der Waals surface area contributed by atoms with Gasteiger partial charge in [0.1, 0.15) is 0 Å². The Bertz CT molecular complexity index is 1140. The van der Waals surface area contributed by atoms with E-state index in [1.54, 1.807) is 42.1 Å². The first-order valence-corrected chi connectivity index (χ1v) is 11.3. The van der Waals surface area contributed by atoms with E-state index in [9.17, 15) is 4.79 Å². The maximum atomic E-state index is 13.1. The van der Waals surface area contributed by atoms with Gasteiger partial charge in [0.2, 0.25) is 6.79 Å². The predicted octanol–water partition coefficient (Wildman–Crippen LogP) is 3.64. The van der Waals surface area contributed by atoms with Crippen LogP contribution in [0.5, 0.6) is 11.5 Å². The highest BCUT2D eigenvalue weighted by Crippen LogP contribution is 2.46. The maximum absolute atomic E-state index is 13.1. The van der Waals surface area contributed by atoms with Crippen LogP contribution >= 0.6 is 11.3 Å². The Balaban J connectivity index is 1.22. The van der Waals surface area contributed by atoms with Gasteiger partial charge < -0.3 is 19.1 Å². The van der Waals surface area contributed by atoms with Crippen LogP contribution in [0.1, 0.15) is 33.6 Å². The molecule has 0 atom stereocenters. The molecule has 5 heterocycles. The third-order valence-electron chi connectivity index (χ3n) is 6.30. The van der Waals surface area contributed by atoms with Crippen LogP contribution in [0, 0.1) is 0 Å². The second kappa shape index (κ2) is 7.32. The van der Waals surface area contributed by atoms with Gasteiger partial charge in [-0.3, -0.25) is 14.8 Å². The number of aromatic nitrogens is 2. The highest BCUT2D eigenvalue weighted by Gasteiger charge is 2.43. The number of rotatable bonds is 2. The van der Waals surface area contributed by atoms with Gasteiger partial charge in [-0.05, 0) is 42.7 Å². The van der Waals surface area contributed by atoms with Crippen molar-refractivity contribution in [2.45, 2.75) is 24.9 Å². The van der Waals surface area contributed by atoms with Crippen molar-refractivity contribution < 1.29 is 19.0 Å². The van der Waals surface area contributed by atoms with Crippen molar-refractivity contribution in [3.05, 3.63) is 58.9 Å². The molecule has 7 nitrogen and oxygen atoms in total. The number of thiophene rings is 1. The lowest BCUT2D eigenvalue weighted by atomic mass is 9.82. The van der Waals surface area contributed by atoms with Gasteiger partial charge in [0.15, 0.2) is 11.5 Å². The van der Waals surface area contributed by atoms with Gasteiger partial charge in [0.25, 0.3) is 5.91 Å². The molecule has 0 bridgehead atoms. The molecule has 158 valence electrons. The molecule has 1 saturated heterocycles. The van der Waals surface area contributed by atoms with Gasteiger partial charge in [0, 0.05) is 42.3 Å². The fourth-order valence-corrected chi connectivity index (χ4v) is 5.86. The molecule has 0 saturated carbocycles. The summed E-state index contributed by atoms with van der Waals surface area (Å²) in [4.78, 5) is 26.1. The lowest BCUT2D eigenvalue weighted by molar-refractivity contribution is -0.0926. The van der Waals surface area contributed by atoms with E-state index in [1.165, 1.54) is 10.4 Å². The molecule has 1 spiro atoms. The molecule has 2 aromatic heterocycles. The first-order valence-electron chi connectivity index (χ1n) is 10.4. The molecular formula is C23H21N3O4S. The fourth-order valence-electron chi connectivity index (χ4n) is 4.67. The second-order valence-electron chi connectivity index (χ2n) is 7.99. The standard InChI is InChI=1S/C23H21N3O4S/c27-22(15-1-2-18-19(11-15)29-14-28-18)26-8-4-23(5-9-26)16-12-21(17-13-24-6-7-25-17)31-20(16)3-10-30-23/h1-2,6-7,11-13H,3-5,8-10,14H2. The van der Waals surface area contributed by atoms with Crippen molar-refractivity contribution in [1.82, 2.24) is 14.9 Å². The Morgan fingerprint density at radius 2 is 1.97 bits per heavy atom. The van der Waals surface area contributed by atoms with Gasteiger partial charge in [-0.25, -0.2) is 0 Å². The minimum Gasteiger partial charge on any atom is -0.454 e. The Hall–Kier alpha value is -2.97. The van der Waals surface area contributed by atoms with E-state index >= 15 is 0 Å². The average molecular weight is 436 g/mol. The molecule has 0 radical (unpaired) electrons. The number of piperidine rings is 1. The number of benzene rings is 1. The van der Waals surface area contributed by atoms with E-state index in [1.807, 2.05) is 11.0 Å². The molecule has 6 rings (SSSR count). The van der Waals surface area contributed by atoms with Crippen LogP contribution in [0.25, 0.3) is 10.6 Å². The van der Waals surface area contributed by atoms with E-state index in [-0.39, 0.29) is 18.3 Å². The monoisotopic (exact) mass is 435 g/mol. The molecule has 3 aliphatic rings. The molecule has 1 aromatic carbocycles. The Morgan fingerprint density at radius 1 is 1.10 bits per heavy atom. The molecule has 3 aromatic rings. The zero-order valence-corrected chi connectivity index (χ0v) is 17.7. The summed E-state index contributed by atoms with van der Waals surface area (Å²) in [6, 6.07) is 7.60. The molecule has 1 amide bonds. The fraction of sp³-hybridized carbons (Fsp3) is 0.348. The normalized spacial score (nSPS) is 18.8. The molecule has 0 unspecified atom stereocenters. The molecule has 1 fully saturated rings. The minimum atomic E-state index is -0.323. The van der Waals surface area contributed by atoms with Crippen LogP contribution in [0.4, 0.5) is 0 Å². The van der Waals surface area contributed by atoms with E-state index in [4.69, 9.17) is 14.2 Å². The quantitative estimate of drug-likeness (QED) is 0.612. The topological polar surface area (TPSA) is 73.8 Å². The van der Waals surface area contributed by atoms with Crippen molar-refractivity contribution in [3.8, 4) is 22.1 Å². The largest absolute Gasteiger partial charge is 0.454 e. The van der Waals surface area contributed by atoms with Crippen molar-refractivity contribution in [1.29, 1.82) is 0 Å². The maximum Gasteiger partial charge on any atom is 0.253 e. The van der Waals surface area contributed by atoms with Gasteiger partial charge in [-0.1, -0.05) is 0 Å². The summed E-state index contributed by atoms with van der Waals surface area (Å²) in [6.45, 7) is 2.23. The SMILES string of the molecule is O=C(c1ccc2c(c1)OCO2)N1CCC2(CC1)OCCc1sc(-c3cnccn3)cc12. The molecule has 31 heavy (non-hydrogen) atoms. The van der Waals surface area contributed by atoms with Crippen LogP contribution in [0.15, 0.2) is 42.9 Å². The van der Waals surface area contributed by atoms with Crippen LogP contribution < -0.4 is 9.47 Å². The van der Waals surface area contributed by atoms with Gasteiger partial charge in [0.05, 0.1) is 29.0 Å². The Labute approximate surface area is 183 Å². The van der Waals surface area contributed by atoms with Crippen LogP contribution in [-0.2, 0) is 16.8 Å². The van der Waals surface area contributed by atoms with Crippen LogP contribution in [0.3, 0.4) is 0 Å². The second-order valence-corrected chi connectivity index (χ2v) is 9.13. The minimum absolute atomic E-state index is 0.0229. The van der Waals surface area contributed by atoms with Crippen LogP contribution in [0.2, 0.25) is 0 Å². The third-order valence-corrected chi connectivity index (χ3v) is 7.52. The van der Waals surface area contributed by atoms with Crippen LogP contribution in [-0.4, -0.2) is 47.3 Å². The molecular weight excluding hydrogens is 414 g/mol. The van der Waals surface area contributed by atoms with E-state index in [0.29, 0.717) is 36.8 Å². The van der Waals surface area contributed by atoms with E-state index in [0.717, 1.165) is 29.8 Å². The molecule has 0 aliphatic carbocycles. The number of fused-ring (bicyclic) bond motifs is 3. The zero-order chi connectivity index (χ0) is 20.8. The van der Waals surface area contributed by atoms with Crippen molar-refractivity contribution in [2.24, 2.45) is 0 Å². The molecule has 3 aliphatic heterocycles. The third kappa shape index (κ3) is 3.18. The van der Waals surface area contributed by atoms with E-state index in [2.05, 4.69) is 16.0 Å². The van der Waals surface area contributed by atoms with Gasteiger partial charge in [-0.15, -0.1) is 11.3 Å². The number of carbonyl (C=O) groups excluding carboxylic acids is 1. The number of amides is 1. The van der Waals surface area contributed by atoms with Gasteiger partial charge in [-0.2, -0.15) is 0 Å². The number of nitrogens with zero attached hydrogens (tertiary/aromatic N) is 3. The number of ether oxygens (including phenoxy) is 3. The summed E-state index contributed by atoms with van der Waals surface area (Å²) in [5, 5.41) is 0. The Kier molecular flexibility index (Phi) is 4.43. The number of hydrogen-bond acceptors (Lipinski definition) is 7. The smallest absolute Gasteiger partial charge is 0.253 e. The number of likely N-dealkylation sites (tertiary alicyclic amines) is 1. The Morgan fingerprint density at radius 3 is 2.81 bits per heavy atom. The summed E-state index contributed by atoms with van der Waals surface area (Å²) < 4.78 is 17.1. The van der Waals surface area contributed by atoms with Crippen molar-refractivity contribution in [2.75, 3.05) is 26.5 Å². The highest BCUT2D eigenvalue weighted by molar-refractivity contribution is 7.15. The van der Waals surface area contributed by atoms with Crippen molar-refractivity contribution >= 4 is 17.2 Å². The lowest BCUT2D eigenvalue weighted by Crippen LogP contribution is -2.48. The average Bonchev–Trinajstić information content (AvgIpc) is 3.47. The molecule has 0 N–H and O–H groups in total. The summed E-state index contributed by atoms with van der Waals surface area (Å²) in [5.41, 5.74) is 2.47. The lowest BCUT2D eigenvalue weighted by Gasteiger charge is -2.44. The number of carbonyl (C=O) groups is 1. The predicted molar refractivity (Wildman–Crippen MR) is 114 cm³/mol. The number of hydrogen-bond donors (Lipinski definition) is 0. The summed E-state index contributed by atoms with van der Waals surface area (Å²) >= 11 is 1.78. The summed E-state index contributed by atoms with van der Waals surface area (Å²) in [6.07, 6.45) is 7.70. The van der Waals surface area contributed by atoms with E-state index < -0.39 is 0 Å². The first kappa shape index (κ1) is 18.8. The highest BCUT2D eigenvalue weighted by atomic mass is 32.1. The molecule has 8 heteroatoms. The first-order chi connectivity index (χ1) is 15.2. The zero-order valence-electron chi connectivity index (χ0n) is 16.9. The van der Waals surface area contributed by atoms with Crippen molar-refractivity contribution in [3.63, 3.8) is 0 Å². The summed E-state index contributed by atoms with van der Waals surface area (Å²) in [5.74, 6) is 1.35.